The van der Waals surface area contributed by atoms with Crippen LogP contribution in [0.15, 0.2) is 40.9 Å². The monoisotopic (exact) mass is 350 g/mol. The summed E-state index contributed by atoms with van der Waals surface area (Å²) in [6, 6.07) is 10.5. The molecule has 0 saturated carbocycles. The SMILES string of the molecule is COc1cc(C(C#N)Nc2ccccc2F)cc(Br)c1O. The van der Waals surface area contributed by atoms with E-state index in [0.717, 1.165) is 0 Å². The Kier molecular flexibility index (Phi) is 4.66. The lowest BCUT2D eigenvalue weighted by atomic mass is 10.1. The molecule has 6 heteroatoms. The highest BCUT2D eigenvalue weighted by atomic mass is 79.9. The van der Waals surface area contributed by atoms with Crippen LogP contribution in [0.3, 0.4) is 0 Å². The number of anilines is 1. The van der Waals surface area contributed by atoms with Gasteiger partial charge in [0.15, 0.2) is 11.5 Å². The fourth-order valence-corrected chi connectivity index (χ4v) is 2.30. The summed E-state index contributed by atoms with van der Waals surface area (Å²) in [6.45, 7) is 0. The third kappa shape index (κ3) is 3.26. The van der Waals surface area contributed by atoms with E-state index in [4.69, 9.17) is 4.74 Å². The Labute approximate surface area is 129 Å². The molecule has 0 heterocycles. The van der Waals surface area contributed by atoms with Gasteiger partial charge in [0.25, 0.3) is 0 Å². The molecule has 0 fully saturated rings. The predicted molar refractivity (Wildman–Crippen MR) is 80.7 cm³/mol. The zero-order valence-electron chi connectivity index (χ0n) is 11.1. The number of hydrogen-bond donors (Lipinski definition) is 2. The third-order valence-corrected chi connectivity index (χ3v) is 3.51. The number of nitrogens with zero attached hydrogens (tertiary/aromatic N) is 1. The van der Waals surface area contributed by atoms with Gasteiger partial charge in [-0.15, -0.1) is 0 Å². The first-order chi connectivity index (χ1) is 10.1. The average Bonchev–Trinajstić information content (AvgIpc) is 2.49. The highest BCUT2D eigenvalue weighted by Gasteiger charge is 2.17. The topological polar surface area (TPSA) is 65.3 Å². The number of hydrogen-bond acceptors (Lipinski definition) is 4. The zero-order valence-corrected chi connectivity index (χ0v) is 12.7. The Morgan fingerprint density at radius 1 is 1.38 bits per heavy atom. The first-order valence-electron chi connectivity index (χ1n) is 6.04. The predicted octanol–water partition coefficient (Wildman–Crippen LogP) is 3.98. The number of nitrogens with one attached hydrogen (secondary N) is 1. The molecule has 0 bridgehead atoms. The number of phenols is 1. The maximum atomic E-state index is 13.6. The van der Waals surface area contributed by atoms with Crippen molar-refractivity contribution >= 4 is 21.6 Å². The molecular weight excluding hydrogens is 339 g/mol. The van der Waals surface area contributed by atoms with Crippen LogP contribution in [0.2, 0.25) is 0 Å². The van der Waals surface area contributed by atoms with Crippen LogP contribution >= 0.6 is 15.9 Å². The zero-order chi connectivity index (χ0) is 15.4. The van der Waals surface area contributed by atoms with Gasteiger partial charge >= 0.3 is 0 Å². The second kappa shape index (κ2) is 6.46. The molecule has 2 aromatic rings. The van der Waals surface area contributed by atoms with Crippen molar-refractivity contribution in [2.75, 3.05) is 12.4 Å². The number of rotatable bonds is 4. The number of para-hydroxylation sites is 1. The van der Waals surface area contributed by atoms with Crippen LogP contribution in [0.25, 0.3) is 0 Å². The summed E-state index contributed by atoms with van der Waals surface area (Å²) < 4.78 is 19.1. The fraction of sp³-hybridized carbons (Fsp3) is 0.133. The summed E-state index contributed by atoms with van der Waals surface area (Å²) in [6.07, 6.45) is 0. The molecule has 21 heavy (non-hydrogen) atoms. The van der Waals surface area contributed by atoms with Crippen LogP contribution in [0.5, 0.6) is 11.5 Å². The van der Waals surface area contributed by atoms with Crippen molar-refractivity contribution in [3.05, 3.63) is 52.3 Å². The van der Waals surface area contributed by atoms with Crippen molar-refractivity contribution in [2.24, 2.45) is 0 Å². The lowest BCUT2D eigenvalue weighted by Crippen LogP contribution is -2.10. The van der Waals surface area contributed by atoms with Gasteiger partial charge in [-0.3, -0.25) is 0 Å². The molecule has 0 aromatic heterocycles. The van der Waals surface area contributed by atoms with Crippen LogP contribution in [0.4, 0.5) is 10.1 Å². The maximum absolute atomic E-state index is 13.6. The highest BCUT2D eigenvalue weighted by molar-refractivity contribution is 9.10. The maximum Gasteiger partial charge on any atom is 0.172 e. The summed E-state index contributed by atoms with van der Waals surface area (Å²) in [7, 11) is 1.41. The van der Waals surface area contributed by atoms with Crippen molar-refractivity contribution in [2.45, 2.75) is 6.04 Å². The Morgan fingerprint density at radius 3 is 2.71 bits per heavy atom. The fourth-order valence-electron chi connectivity index (χ4n) is 1.84. The molecule has 0 radical (unpaired) electrons. The standard InChI is InChI=1S/C15H12BrFN2O2/c1-21-14-7-9(6-10(16)15(14)20)13(8-18)19-12-5-3-2-4-11(12)17/h2-7,13,19-20H,1H3. The van der Waals surface area contributed by atoms with E-state index in [1.807, 2.05) is 0 Å². The van der Waals surface area contributed by atoms with Crippen LogP contribution in [0.1, 0.15) is 11.6 Å². The van der Waals surface area contributed by atoms with Crippen molar-refractivity contribution in [1.29, 1.82) is 5.26 Å². The van der Waals surface area contributed by atoms with Gasteiger partial charge in [-0.2, -0.15) is 5.26 Å². The van der Waals surface area contributed by atoms with Gasteiger partial charge in [0, 0.05) is 0 Å². The summed E-state index contributed by atoms with van der Waals surface area (Å²) in [5.41, 5.74) is 0.773. The van der Waals surface area contributed by atoms with Crippen LogP contribution in [-0.4, -0.2) is 12.2 Å². The molecule has 2 N–H and O–H groups in total. The second-order valence-electron chi connectivity index (χ2n) is 4.24. The number of aromatic hydroxyl groups is 1. The quantitative estimate of drug-likeness (QED) is 0.875. The van der Waals surface area contributed by atoms with E-state index in [1.54, 1.807) is 24.3 Å². The molecule has 1 unspecified atom stereocenters. The number of ether oxygens (including phenoxy) is 1. The minimum absolute atomic E-state index is 0.0520. The minimum atomic E-state index is -0.785. The number of benzene rings is 2. The molecule has 0 saturated heterocycles. The molecule has 2 rings (SSSR count). The molecule has 1 atom stereocenters. The van der Waals surface area contributed by atoms with E-state index >= 15 is 0 Å². The van der Waals surface area contributed by atoms with Crippen molar-refractivity contribution in [3.8, 4) is 17.6 Å². The molecule has 0 aliphatic carbocycles. The Morgan fingerprint density at radius 2 is 2.10 bits per heavy atom. The Bertz CT molecular complexity index is 701. The normalized spacial score (nSPS) is 11.5. The number of phenolic OH excluding ortho intramolecular Hbond substituents is 1. The second-order valence-corrected chi connectivity index (χ2v) is 5.09. The highest BCUT2D eigenvalue weighted by Crippen LogP contribution is 2.37. The Hall–Kier alpha value is -2.26. The van der Waals surface area contributed by atoms with Gasteiger partial charge < -0.3 is 15.2 Å². The first-order valence-corrected chi connectivity index (χ1v) is 6.83. The Balaban J connectivity index is 2.37. The lowest BCUT2D eigenvalue weighted by Gasteiger charge is -2.16. The van der Waals surface area contributed by atoms with E-state index in [0.29, 0.717) is 10.0 Å². The van der Waals surface area contributed by atoms with E-state index < -0.39 is 11.9 Å². The molecule has 0 aliphatic rings. The summed E-state index contributed by atoms with van der Waals surface area (Å²) in [5, 5.41) is 21.9. The summed E-state index contributed by atoms with van der Waals surface area (Å²) in [4.78, 5) is 0. The van der Waals surface area contributed by atoms with Crippen molar-refractivity contribution < 1.29 is 14.2 Å². The van der Waals surface area contributed by atoms with E-state index in [1.165, 1.54) is 19.2 Å². The van der Waals surface area contributed by atoms with E-state index in [2.05, 4.69) is 27.3 Å². The van der Waals surface area contributed by atoms with Gasteiger partial charge in [-0.1, -0.05) is 12.1 Å². The van der Waals surface area contributed by atoms with Crippen molar-refractivity contribution in [3.63, 3.8) is 0 Å². The van der Waals surface area contributed by atoms with Gasteiger partial charge in [0.05, 0.1) is 23.3 Å². The molecule has 4 nitrogen and oxygen atoms in total. The number of nitriles is 1. The summed E-state index contributed by atoms with van der Waals surface area (Å²) in [5.74, 6) is -0.263. The molecule has 0 aliphatic heterocycles. The third-order valence-electron chi connectivity index (χ3n) is 2.91. The largest absolute Gasteiger partial charge is 0.503 e. The molecule has 108 valence electrons. The minimum Gasteiger partial charge on any atom is -0.503 e. The van der Waals surface area contributed by atoms with Gasteiger partial charge in [0.1, 0.15) is 11.9 Å². The number of methoxy groups -OCH3 is 1. The average molecular weight is 351 g/mol. The number of halogens is 2. The molecule has 0 amide bonds. The van der Waals surface area contributed by atoms with E-state index in [-0.39, 0.29) is 17.2 Å². The van der Waals surface area contributed by atoms with Crippen molar-refractivity contribution in [1.82, 2.24) is 0 Å². The summed E-state index contributed by atoms with van der Waals surface area (Å²) >= 11 is 3.19. The van der Waals surface area contributed by atoms with Crippen LogP contribution in [-0.2, 0) is 0 Å². The molecular formula is C15H12BrFN2O2. The van der Waals surface area contributed by atoms with Crippen LogP contribution < -0.4 is 10.1 Å². The van der Waals surface area contributed by atoms with Gasteiger partial charge in [-0.25, -0.2) is 4.39 Å². The molecule has 0 spiro atoms. The smallest absolute Gasteiger partial charge is 0.172 e. The van der Waals surface area contributed by atoms with Gasteiger partial charge in [-0.05, 0) is 45.8 Å². The lowest BCUT2D eigenvalue weighted by molar-refractivity contribution is 0.371. The van der Waals surface area contributed by atoms with Crippen LogP contribution in [0, 0.1) is 17.1 Å². The van der Waals surface area contributed by atoms with Gasteiger partial charge in [0.2, 0.25) is 0 Å². The van der Waals surface area contributed by atoms with E-state index in [9.17, 15) is 14.8 Å². The molecule has 2 aromatic carbocycles. The first kappa shape index (κ1) is 15.1.